The van der Waals surface area contributed by atoms with Gasteiger partial charge in [-0.1, -0.05) is 0 Å². The molecule has 5 heteroatoms. The van der Waals surface area contributed by atoms with Crippen LogP contribution in [0.3, 0.4) is 0 Å². The molecule has 2 aromatic rings. The van der Waals surface area contributed by atoms with E-state index in [9.17, 15) is 0 Å². The Balaban J connectivity index is 1.64. The Morgan fingerprint density at radius 3 is 2.85 bits per heavy atom. The van der Waals surface area contributed by atoms with Crippen molar-refractivity contribution in [2.45, 2.75) is 19.5 Å². The molecule has 0 bridgehead atoms. The zero-order chi connectivity index (χ0) is 14.2. The highest BCUT2D eigenvalue weighted by molar-refractivity contribution is 5.34. The van der Waals surface area contributed by atoms with E-state index in [-0.39, 0.29) is 0 Å². The average molecular weight is 270 g/mol. The second-order valence-electron chi connectivity index (χ2n) is 4.57. The number of hydrogen-bond donors (Lipinski definition) is 1. The summed E-state index contributed by atoms with van der Waals surface area (Å²) < 4.78 is 7.50. The van der Waals surface area contributed by atoms with Gasteiger partial charge in [0, 0.05) is 25.0 Å². The Morgan fingerprint density at radius 1 is 1.40 bits per heavy atom. The van der Waals surface area contributed by atoms with Gasteiger partial charge >= 0.3 is 0 Å². The van der Waals surface area contributed by atoms with E-state index >= 15 is 0 Å². The van der Waals surface area contributed by atoms with Crippen molar-refractivity contribution in [3.8, 4) is 11.8 Å². The molecule has 0 amide bonds. The van der Waals surface area contributed by atoms with Crippen molar-refractivity contribution in [3.63, 3.8) is 0 Å². The number of nitrogens with one attached hydrogen (secondary N) is 1. The van der Waals surface area contributed by atoms with Crippen LogP contribution in [-0.2, 0) is 6.54 Å². The molecule has 1 aromatic heterocycles. The van der Waals surface area contributed by atoms with E-state index in [4.69, 9.17) is 10.00 Å². The van der Waals surface area contributed by atoms with Gasteiger partial charge in [-0.15, -0.1) is 0 Å². The van der Waals surface area contributed by atoms with Gasteiger partial charge in [-0.3, -0.25) is 4.68 Å². The lowest BCUT2D eigenvalue weighted by molar-refractivity contribution is 0.301. The number of rotatable bonds is 7. The van der Waals surface area contributed by atoms with Gasteiger partial charge in [0.2, 0.25) is 0 Å². The van der Waals surface area contributed by atoms with Crippen LogP contribution >= 0.6 is 0 Å². The molecule has 0 saturated heterocycles. The van der Waals surface area contributed by atoms with Crippen LogP contribution in [0, 0.1) is 11.3 Å². The molecular weight excluding hydrogens is 252 g/mol. The highest BCUT2D eigenvalue weighted by Crippen LogP contribution is 2.10. The molecule has 104 valence electrons. The van der Waals surface area contributed by atoms with Crippen LogP contribution in [0.4, 0.5) is 0 Å². The number of ether oxygens (including phenoxy) is 1. The molecule has 0 radical (unpaired) electrons. The van der Waals surface area contributed by atoms with E-state index in [1.807, 2.05) is 29.1 Å². The first kappa shape index (κ1) is 14.1. The summed E-state index contributed by atoms with van der Waals surface area (Å²) in [6, 6.07) is 11.5. The molecule has 1 heterocycles. The summed E-state index contributed by atoms with van der Waals surface area (Å²) >= 11 is 0. The molecular formula is C15H18N4O. The van der Waals surface area contributed by atoms with Crippen LogP contribution < -0.4 is 10.1 Å². The van der Waals surface area contributed by atoms with Crippen molar-refractivity contribution in [3.05, 3.63) is 48.3 Å². The minimum atomic E-state index is 0.333. The van der Waals surface area contributed by atoms with Crippen LogP contribution in [0.25, 0.3) is 0 Å². The predicted octanol–water partition coefficient (Wildman–Crippen LogP) is 1.81. The van der Waals surface area contributed by atoms with Crippen LogP contribution in [0.2, 0.25) is 0 Å². The molecule has 1 atom stereocenters. The third-order valence-electron chi connectivity index (χ3n) is 2.87. The second kappa shape index (κ2) is 7.31. The van der Waals surface area contributed by atoms with Crippen LogP contribution in [0.1, 0.15) is 12.5 Å². The third kappa shape index (κ3) is 4.41. The first-order chi connectivity index (χ1) is 9.78. The first-order valence-electron chi connectivity index (χ1n) is 6.61. The average Bonchev–Trinajstić information content (AvgIpc) is 2.97. The molecule has 0 fully saturated rings. The van der Waals surface area contributed by atoms with E-state index in [2.05, 4.69) is 23.4 Å². The molecule has 2 rings (SSSR count). The molecule has 0 spiro atoms. The van der Waals surface area contributed by atoms with E-state index in [1.165, 1.54) is 0 Å². The van der Waals surface area contributed by atoms with E-state index in [0.717, 1.165) is 18.8 Å². The van der Waals surface area contributed by atoms with Crippen molar-refractivity contribution in [1.82, 2.24) is 15.1 Å². The fraction of sp³-hybridized carbons (Fsp3) is 0.333. The molecule has 20 heavy (non-hydrogen) atoms. The topological polar surface area (TPSA) is 62.9 Å². The molecule has 0 aliphatic rings. The Morgan fingerprint density at radius 2 is 2.20 bits per heavy atom. The maximum Gasteiger partial charge on any atom is 0.119 e. The Kier molecular flexibility index (Phi) is 5.15. The maximum atomic E-state index is 8.70. The molecule has 0 saturated carbocycles. The second-order valence-corrected chi connectivity index (χ2v) is 4.57. The van der Waals surface area contributed by atoms with Crippen molar-refractivity contribution in [1.29, 1.82) is 5.26 Å². The van der Waals surface area contributed by atoms with Crippen LogP contribution in [0.5, 0.6) is 5.75 Å². The summed E-state index contributed by atoms with van der Waals surface area (Å²) in [6.07, 6.45) is 3.73. The van der Waals surface area contributed by atoms with Gasteiger partial charge < -0.3 is 10.1 Å². The predicted molar refractivity (Wildman–Crippen MR) is 76.3 cm³/mol. The van der Waals surface area contributed by atoms with Gasteiger partial charge in [0.1, 0.15) is 12.4 Å². The molecule has 1 N–H and O–H groups in total. The van der Waals surface area contributed by atoms with E-state index < -0.39 is 0 Å². The Labute approximate surface area is 118 Å². The zero-order valence-electron chi connectivity index (χ0n) is 11.5. The number of aromatic nitrogens is 2. The highest BCUT2D eigenvalue weighted by Gasteiger charge is 2.02. The van der Waals surface area contributed by atoms with Gasteiger partial charge in [0.05, 0.1) is 18.2 Å². The molecule has 1 aromatic carbocycles. The van der Waals surface area contributed by atoms with Crippen molar-refractivity contribution in [2.75, 3.05) is 13.2 Å². The van der Waals surface area contributed by atoms with Crippen molar-refractivity contribution < 1.29 is 4.74 Å². The summed E-state index contributed by atoms with van der Waals surface area (Å²) in [5, 5.41) is 16.2. The monoisotopic (exact) mass is 270 g/mol. The molecule has 0 aliphatic carbocycles. The summed E-state index contributed by atoms with van der Waals surface area (Å²) in [4.78, 5) is 0. The summed E-state index contributed by atoms with van der Waals surface area (Å²) in [7, 11) is 0. The minimum Gasteiger partial charge on any atom is -0.492 e. The number of benzene rings is 1. The van der Waals surface area contributed by atoms with Gasteiger partial charge in [-0.05, 0) is 37.3 Å². The largest absolute Gasteiger partial charge is 0.492 e. The fourth-order valence-corrected chi connectivity index (χ4v) is 1.85. The van der Waals surface area contributed by atoms with E-state index in [1.54, 1.807) is 18.3 Å². The lowest BCUT2D eigenvalue weighted by Gasteiger charge is -2.14. The first-order valence-corrected chi connectivity index (χ1v) is 6.61. The smallest absolute Gasteiger partial charge is 0.119 e. The number of hydrogen-bond acceptors (Lipinski definition) is 4. The van der Waals surface area contributed by atoms with Gasteiger partial charge in [0.15, 0.2) is 0 Å². The summed E-state index contributed by atoms with van der Waals surface area (Å²) in [5.74, 6) is 0.783. The zero-order valence-corrected chi connectivity index (χ0v) is 11.5. The van der Waals surface area contributed by atoms with Crippen LogP contribution in [-0.4, -0.2) is 29.0 Å². The quantitative estimate of drug-likeness (QED) is 0.779. The van der Waals surface area contributed by atoms with Crippen molar-refractivity contribution in [2.24, 2.45) is 0 Å². The molecule has 1 unspecified atom stereocenters. The van der Waals surface area contributed by atoms with Gasteiger partial charge in [-0.25, -0.2) is 0 Å². The maximum absolute atomic E-state index is 8.70. The highest BCUT2D eigenvalue weighted by atomic mass is 16.5. The lowest BCUT2D eigenvalue weighted by Crippen LogP contribution is -2.33. The minimum absolute atomic E-state index is 0.333. The van der Waals surface area contributed by atoms with E-state index in [0.29, 0.717) is 18.2 Å². The fourth-order valence-electron chi connectivity index (χ4n) is 1.85. The normalized spacial score (nSPS) is 11.8. The number of nitrogens with zero attached hydrogens (tertiary/aromatic N) is 3. The molecule has 5 nitrogen and oxygen atoms in total. The Hall–Kier alpha value is -2.32. The summed E-state index contributed by atoms with van der Waals surface area (Å²) in [5.41, 5.74) is 0.642. The third-order valence-corrected chi connectivity index (χ3v) is 2.87. The van der Waals surface area contributed by atoms with Gasteiger partial charge in [-0.2, -0.15) is 10.4 Å². The van der Waals surface area contributed by atoms with Crippen LogP contribution in [0.15, 0.2) is 42.7 Å². The SMILES string of the molecule is CC(Cn1cccn1)NCCOc1ccc(C#N)cc1. The number of nitriles is 1. The van der Waals surface area contributed by atoms with Crippen molar-refractivity contribution >= 4 is 0 Å². The standard InChI is InChI=1S/C15H18N4O/c1-13(12-19-9-2-7-18-19)17-8-10-20-15-5-3-14(11-16)4-6-15/h2-7,9,13,17H,8,10,12H2,1H3. The van der Waals surface area contributed by atoms with Gasteiger partial charge in [0.25, 0.3) is 0 Å². The summed E-state index contributed by atoms with van der Waals surface area (Å²) in [6.45, 7) is 4.31. The lowest BCUT2D eigenvalue weighted by atomic mass is 10.2. The molecule has 0 aliphatic heterocycles. The Bertz CT molecular complexity index is 542.